The molecular formula is C8H6I2O2. The lowest BCUT2D eigenvalue weighted by atomic mass is 10.3. The molecule has 0 aliphatic rings. The van der Waals surface area contributed by atoms with Gasteiger partial charge < -0.3 is 4.74 Å². The summed E-state index contributed by atoms with van der Waals surface area (Å²) in [5.74, 6) is 0.352. The van der Waals surface area contributed by atoms with Gasteiger partial charge in [0.25, 0.3) is 0 Å². The normalized spacial score (nSPS) is 9.58. The first-order chi connectivity index (χ1) is 5.59. The predicted octanol–water partition coefficient (Wildman–Crippen LogP) is 2.82. The van der Waals surface area contributed by atoms with Crippen molar-refractivity contribution in [3.63, 3.8) is 0 Å². The highest BCUT2D eigenvalue weighted by Crippen LogP contribution is 2.23. The van der Waals surface area contributed by atoms with Crippen molar-refractivity contribution in [2.45, 2.75) is 6.92 Å². The zero-order chi connectivity index (χ0) is 9.14. The molecule has 0 unspecified atom stereocenters. The number of esters is 1. The molecule has 2 nitrogen and oxygen atoms in total. The third-order valence-corrected chi connectivity index (χ3v) is 2.71. The summed E-state index contributed by atoms with van der Waals surface area (Å²) in [4.78, 5) is 10.6. The lowest BCUT2D eigenvalue weighted by Gasteiger charge is -2.03. The molecule has 0 saturated carbocycles. The van der Waals surface area contributed by atoms with Crippen molar-refractivity contribution in [1.82, 2.24) is 0 Å². The maximum Gasteiger partial charge on any atom is 0.308 e. The van der Waals surface area contributed by atoms with Gasteiger partial charge in [-0.3, -0.25) is 4.79 Å². The molecule has 0 aromatic heterocycles. The van der Waals surface area contributed by atoms with E-state index in [0.717, 1.165) is 7.14 Å². The highest BCUT2D eigenvalue weighted by molar-refractivity contribution is 14.1. The van der Waals surface area contributed by atoms with Crippen molar-refractivity contribution in [1.29, 1.82) is 0 Å². The first-order valence-corrected chi connectivity index (χ1v) is 5.39. The Hall–Kier alpha value is 0.150. The summed E-state index contributed by atoms with van der Waals surface area (Å²) in [6, 6.07) is 5.72. The first kappa shape index (κ1) is 10.2. The smallest absolute Gasteiger partial charge is 0.308 e. The average molecular weight is 388 g/mol. The maximum atomic E-state index is 10.6. The molecule has 0 spiro atoms. The molecule has 0 aliphatic carbocycles. The summed E-state index contributed by atoms with van der Waals surface area (Å²) in [5, 5.41) is 0. The van der Waals surface area contributed by atoms with Gasteiger partial charge in [-0.1, -0.05) is 0 Å². The van der Waals surface area contributed by atoms with Crippen molar-refractivity contribution < 1.29 is 9.53 Å². The van der Waals surface area contributed by atoms with Crippen LogP contribution in [0.25, 0.3) is 0 Å². The van der Waals surface area contributed by atoms with Gasteiger partial charge >= 0.3 is 5.97 Å². The molecule has 0 atom stereocenters. The summed E-state index contributed by atoms with van der Waals surface area (Å²) in [6.45, 7) is 1.40. The van der Waals surface area contributed by atoms with E-state index >= 15 is 0 Å². The molecule has 0 aliphatic heterocycles. The van der Waals surface area contributed by atoms with Crippen LogP contribution in [-0.2, 0) is 4.79 Å². The van der Waals surface area contributed by atoms with Crippen LogP contribution < -0.4 is 4.74 Å². The Morgan fingerprint density at radius 1 is 1.42 bits per heavy atom. The molecule has 0 bridgehead atoms. The third-order valence-electron chi connectivity index (χ3n) is 1.15. The van der Waals surface area contributed by atoms with Crippen LogP contribution in [-0.4, -0.2) is 5.97 Å². The van der Waals surface area contributed by atoms with Crippen molar-refractivity contribution >= 4 is 51.2 Å². The van der Waals surface area contributed by atoms with Crippen molar-refractivity contribution in [3.05, 3.63) is 25.3 Å². The van der Waals surface area contributed by atoms with Gasteiger partial charge in [-0.15, -0.1) is 0 Å². The Morgan fingerprint density at radius 2 is 2.08 bits per heavy atom. The molecule has 0 amide bonds. The second-order valence-corrected chi connectivity index (χ2v) is 4.58. The number of hydrogen-bond donors (Lipinski definition) is 0. The van der Waals surface area contributed by atoms with E-state index in [-0.39, 0.29) is 5.97 Å². The van der Waals surface area contributed by atoms with Gasteiger partial charge in [0, 0.05) is 10.5 Å². The molecule has 0 saturated heterocycles. The summed E-state index contributed by atoms with van der Waals surface area (Å²) < 4.78 is 6.98. The van der Waals surface area contributed by atoms with Crippen LogP contribution in [0.2, 0.25) is 0 Å². The molecule has 64 valence electrons. The highest BCUT2D eigenvalue weighted by atomic mass is 127. The molecule has 1 aromatic rings. The molecule has 0 radical (unpaired) electrons. The molecule has 12 heavy (non-hydrogen) atoms. The van der Waals surface area contributed by atoms with Gasteiger partial charge in [0.05, 0.1) is 3.57 Å². The Labute approximate surface area is 98.0 Å². The van der Waals surface area contributed by atoms with Crippen LogP contribution >= 0.6 is 45.2 Å². The SMILES string of the molecule is CC(=O)Oc1cc(I)ccc1I. The van der Waals surface area contributed by atoms with Crippen LogP contribution in [0, 0.1) is 7.14 Å². The molecule has 0 heterocycles. The molecule has 4 heteroatoms. The summed E-state index contributed by atoms with van der Waals surface area (Å²) in [6.07, 6.45) is 0. The molecule has 1 rings (SSSR count). The predicted molar refractivity (Wildman–Crippen MR) is 63.2 cm³/mol. The third kappa shape index (κ3) is 2.89. The Kier molecular flexibility index (Phi) is 3.76. The van der Waals surface area contributed by atoms with Crippen LogP contribution in [0.3, 0.4) is 0 Å². The van der Waals surface area contributed by atoms with Gasteiger partial charge in [-0.05, 0) is 63.4 Å². The zero-order valence-electron chi connectivity index (χ0n) is 6.30. The van der Waals surface area contributed by atoms with E-state index in [4.69, 9.17) is 4.74 Å². The number of carbonyl (C=O) groups is 1. The Balaban J connectivity index is 2.97. The first-order valence-electron chi connectivity index (χ1n) is 3.23. The highest BCUT2D eigenvalue weighted by Gasteiger charge is 2.03. The number of rotatable bonds is 1. The maximum absolute atomic E-state index is 10.6. The monoisotopic (exact) mass is 388 g/mol. The summed E-state index contributed by atoms with van der Waals surface area (Å²) in [5.41, 5.74) is 0. The second kappa shape index (κ2) is 4.40. The fraction of sp³-hybridized carbons (Fsp3) is 0.125. The van der Waals surface area contributed by atoms with Crippen LogP contribution in [0.5, 0.6) is 5.75 Å². The molecular weight excluding hydrogens is 382 g/mol. The fourth-order valence-corrected chi connectivity index (χ4v) is 1.62. The lowest BCUT2D eigenvalue weighted by Crippen LogP contribution is -2.02. The van der Waals surface area contributed by atoms with E-state index in [2.05, 4.69) is 45.2 Å². The summed E-state index contributed by atoms with van der Waals surface area (Å²) in [7, 11) is 0. The number of hydrogen-bond acceptors (Lipinski definition) is 2. The fourth-order valence-electron chi connectivity index (χ4n) is 0.710. The quantitative estimate of drug-likeness (QED) is 0.421. The minimum absolute atomic E-state index is 0.282. The number of halogens is 2. The minimum Gasteiger partial charge on any atom is -0.426 e. The molecule has 0 N–H and O–H groups in total. The number of benzene rings is 1. The van der Waals surface area contributed by atoms with Gasteiger partial charge in [0.15, 0.2) is 0 Å². The van der Waals surface area contributed by atoms with E-state index in [1.54, 1.807) is 0 Å². The largest absolute Gasteiger partial charge is 0.426 e. The van der Waals surface area contributed by atoms with Crippen LogP contribution in [0.1, 0.15) is 6.92 Å². The number of carbonyl (C=O) groups excluding carboxylic acids is 1. The van der Waals surface area contributed by atoms with Gasteiger partial charge in [0.2, 0.25) is 0 Å². The second-order valence-electron chi connectivity index (χ2n) is 2.17. The van der Waals surface area contributed by atoms with Crippen LogP contribution in [0.15, 0.2) is 18.2 Å². The van der Waals surface area contributed by atoms with Crippen LogP contribution in [0.4, 0.5) is 0 Å². The topological polar surface area (TPSA) is 26.3 Å². The van der Waals surface area contributed by atoms with Gasteiger partial charge in [-0.2, -0.15) is 0 Å². The summed E-state index contributed by atoms with van der Waals surface area (Å²) >= 11 is 4.30. The van der Waals surface area contributed by atoms with E-state index in [9.17, 15) is 4.79 Å². The van der Waals surface area contributed by atoms with Gasteiger partial charge in [-0.25, -0.2) is 0 Å². The van der Waals surface area contributed by atoms with E-state index in [1.807, 2.05) is 18.2 Å². The Morgan fingerprint density at radius 3 is 2.67 bits per heavy atom. The van der Waals surface area contributed by atoms with Gasteiger partial charge in [0.1, 0.15) is 5.75 Å². The molecule has 0 fully saturated rings. The van der Waals surface area contributed by atoms with E-state index in [0.29, 0.717) is 5.75 Å². The Bertz CT molecular complexity index is 310. The van der Waals surface area contributed by atoms with E-state index < -0.39 is 0 Å². The number of ether oxygens (including phenoxy) is 1. The minimum atomic E-state index is -0.282. The standard InChI is InChI=1S/C8H6I2O2/c1-5(11)12-8-4-6(9)2-3-7(8)10/h2-4H,1H3. The lowest BCUT2D eigenvalue weighted by molar-refractivity contribution is -0.131. The van der Waals surface area contributed by atoms with Crippen molar-refractivity contribution in [3.8, 4) is 5.75 Å². The van der Waals surface area contributed by atoms with E-state index in [1.165, 1.54) is 6.92 Å². The van der Waals surface area contributed by atoms with Crippen molar-refractivity contribution in [2.75, 3.05) is 0 Å². The average Bonchev–Trinajstić information content (AvgIpc) is 1.96. The zero-order valence-corrected chi connectivity index (χ0v) is 10.6. The molecule has 1 aromatic carbocycles. The van der Waals surface area contributed by atoms with Crippen molar-refractivity contribution in [2.24, 2.45) is 0 Å².